The lowest BCUT2D eigenvalue weighted by atomic mass is 10.1. The molecule has 0 N–H and O–H groups in total. The summed E-state index contributed by atoms with van der Waals surface area (Å²) in [6.45, 7) is 0. The number of rotatable bonds is 4. The van der Waals surface area contributed by atoms with E-state index in [1.165, 1.54) is 0 Å². The molecule has 1 aromatic heterocycles. The van der Waals surface area contributed by atoms with Gasteiger partial charge in [-0.05, 0) is 35.9 Å². The Kier molecular flexibility index (Phi) is 4.35. The second kappa shape index (κ2) is 6.39. The van der Waals surface area contributed by atoms with Gasteiger partial charge in [0, 0.05) is 12.3 Å². The van der Waals surface area contributed by atoms with Gasteiger partial charge in [0.1, 0.15) is 17.6 Å². The third-order valence-electron chi connectivity index (χ3n) is 2.75. The summed E-state index contributed by atoms with van der Waals surface area (Å²) < 4.78 is 10.4. The van der Waals surface area contributed by atoms with Crippen molar-refractivity contribution in [2.45, 2.75) is 0 Å². The summed E-state index contributed by atoms with van der Waals surface area (Å²) in [6, 6.07) is 13.1. The molecule has 0 aliphatic heterocycles. The van der Waals surface area contributed by atoms with E-state index in [4.69, 9.17) is 9.47 Å². The van der Waals surface area contributed by atoms with E-state index < -0.39 is 0 Å². The zero-order valence-corrected chi connectivity index (χ0v) is 11.3. The van der Waals surface area contributed by atoms with Gasteiger partial charge in [0.15, 0.2) is 0 Å². The minimum absolute atomic E-state index is 0.487. The van der Waals surface area contributed by atoms with Gasteiger partial charge >= 0.3 is 0 Å². The molecule has 0 fully saturated rings. The topological polar surface area (TPSA) is 55.1 Å². The molecule has 0 saturated heterocycles. The number of nitriles is 1. The van der Waals surface area contributed by atoms with Crippen molar-refractivity contribution < 1.29 is 9.47 Å². The van der Waals surface area contributed by atoms with E-state index in [1.54, 1.807) is 38.6 Å². The van der Waals surface area contributed by atoms with Crippen molar-refractivity contribution in [1.29, 1.82) is 5.26 Å². The molecule has 4 nitrogen and oxygen atoms in total. The van der Waals surface area contributed by atoms with E-state index in [0.29, 0.717) is 22.8 Å². The third-order valence-corrected chi connectivity index (χ3v) is 2.75. The fourth-order valence-electron chi connectivity index (χ4n) is 1.77. The maximum atomic E-state index is 9.27. The van der Waals surface area contributed by atoms with Gasteiger partial charge in [0.2, 0.25) is 0 Å². The quantitative estimate of drug-likeness (QED) is 0.798. The first kappa shape index (κ1) is 13.6. The molecule has 0 bridgehead atoms. The highest BCUT2D eigenvalue weighted by Crippen LogP contribution is 2.25. The molecule has 100 valence electrons. The van der Waals surface area contributed by atoms with E-state index in [1.807, 2.05) is 24.3 Å². The van der Waals surface area contributed by atoms with Crippen LogP contribution in [0.25, 0.3) is 11.6 Å². The van der Waals surface area contributed by atoms with Crippen molar-refractivity contribution in [1.82, 2.24) is 4.98 Å². The van der Waals surface area contributed by atoms with Crippen LogP contribution in [-0.4, -0.2) is 19.2 Å². The number of benzene rings is 1. The van der Waals surface area contributed by atoms with Crippen LogP contribution in [0.1, 0.15) is 11.3 Å². The summed E-state index contributed by atoms with van der Waals surface area (Å²) in [5.41, 5.74) is 1.95. The van der Waals surface area contributed by atoms with Gasteiger partial charge in [-0.15, -0.1) is 0 Å². The highest BCUT2D eigenvalue weighted by molar-refractivity contribution is 5.88. The number of nitrogens with zero attached hydrogens (tertiary/aromatic N) is 2. The Bertz CT molecular complexity index is 636. The number of methoxy groups -OCH3 is 2. The first-order chi connectivity index (χ1) is 9.76. The summed E-state index contributed by atoms with van der Waals surface area (Å²) in [5, 5.41) is 9.27. The Morgan fingerprint density at radius 3 is 2.35 bits per heavy atom. The van der Waals surface area contributed by atoms with Gasteiger partial charge < -0.3 is 9.47 Å². The van der Waals surface area contributed by atoms with E-state index >= 15 is 0 Å². The standard InChI is InChI=1S/C16H14N2O2/c1-19-14-8-12(9-15(10-14)20-2)7-13(11-17)16-5-3-4-6-18-16/h3-10H,1-2H3/b13-7+. The van der Waals surface area contributed by atoms with Crippen LogP contribution >= 0.6 is 0 Å². The van der Waals surface area contributed by atoms with Crippen molar-refractivity contribution in [3.8, 4) is 17.6 Å². The van der Waals surface area contributed by atoms with Gasteiger partial charge in [0.05, 0.1) is 25.5 Å². The fourth-order valence-corrected chi connectivity index (χ4v) is 1.77. The number of aromatic nitrogens is 1. The highest BCUT2D eigenvalue weighted by Gasteiger charge is 2.04. The van der Waals surface area contributed by atoms with Crippen LogP contribution in [0.15, 0.2) is 42.6 Å². The van der Waals surface area contributed by atoms with Crippen molar-refractivity contribution >= 4 is 11.6 Å². The van der Waals surface area contributed by atoms with Crippen LogP contribution < -0.4 is 9.47 Å². The van der Waals surface area contributed by atoms with Crippen molar-refractivity contribution in [3.63, 3.8) is 0 Å². The van der Waals surface area contributed by atoms with E-state index in [-0.39, 0.29) is 0 Å². The lowest BCUT2D eigenvalue weighted by Gasteiger charge is -2.06. The zero-order chi connectivity index (χ0) is 14.4. The van der Waals surface area contributed by atoms with Crippen molar-refractivity contribution in [2.75, 3.05) is 14.2 Å². The fraction of sp³-hybridized carbons (Fsp3) is 0.125. The second-order valence-electron chi connectivity index (χ2n) is 4.03. The average molecular weight is 266 g/mol. The van der Waals surface area contributed by atoms with Crippen LogP contribution in [0.4, 0.5) is 0 Å². The van der Waals surface area contributed by atoms with E-state index in [9.17, 15) is 5.26 Å². The molecular formula is C16H14N2O2. The Morgan fingerprint density at radius 1 is 1.15 bits per heavy atom. The molecule has 0 atom stereocenters. The molecule has 0 aliphatic carbocycles. The Balaban J connectivity index is 2.45. The maximum Gasteiger partial charge on any atom is 0.123 e. The van der Waals surface area contributed by atoms with Crippen LogP contribution in [-0.2, 0) is 0 Å². The molecule has 20 heavy (non-hydrogen) atoms. The predicted octanol–water partition coefficient (Wildman–Crippen LogP) is 3.16. The van der Waals surface area contributed by atoms with E-state index in [2.05, 4.69) is 11.1 Å². The SMILES string of the molecule is COc1cc(/C=C(\C#N)c2ccccn2)cc(OC)c1. The molecule has 0 saturated carbocycles. The Hall–Kier alpha value is -2.80. The van der Waals surface area contributed by atoms with Gasteiger partial charge in [-0.1, -0.05) is 6.07 Å². The lowest BCUT2D eigenvalue weighted by molar-refractivity contribution is 0.394. The second-order valence-corrected chi connectivity index (χ2v) is 4.03. The minimum atomic E-state index is 0.487. The predicted molar refractivity (Wildman–Crippen MR) is 77.3 cm³/mol. The molecule has 2 rings (SSSR count). The van der Waals surface area contributed by atoms with Crippen LogP contribution in [0.3, 0.4) is 0 Å². The van der Waals surface area contributed by atoms with Gasteiger partial charge in [-0.3, -0.25) is 4.98 Å². The zero-order valence-electron chi connectivity index (χ0n) is 11.3. The van der Waals surface area contributed by atoms with Crippen LogP contribution in [0.2, 0.25) is 0 Å². The maximum absolute atomic E-state index is 9.27. The molecule has 0 spiro atoms. The number of hydrogen-bond donors (Lipinski definition) is 0. The van der Waals surface area contributed by atoms with Gasteiger partial charge in [-0.2, -0.15) is 5.26 Å². The minimum Gasteiger partial charge on any atom is -0.497 e. The van der Waals surface area contributed by atoms with Crippen molar-refractivity contribution in [3.05, 3.63) is 53.9 Å². The molecule has 0 amide bonds. The molecular weight excluding hydrogens is 252 g/mol. The number of pyridine rings is 1. The lowest BCUT2D eigenvalue weighted by Crippen LogP contribution is -1.90. The largest absolute Gasteiger partial charge is 0.497 e. The summed E-state index contributed by atoms with van der Waals surface area (Å²) in [5.74, 6) is 1.35. The Morgan fingerprint density at radius 2 is 1.85 bits per heavy atom. The first-order valence-corrected chi connectivity index (χ1v) is 6.03. The van der Waals surface area contributed by atoms with Crippen molar-refractivity contribution in [2.24, 2.45) is 0 Å². The van der Waals surface area contributed by atoms with Gasteiger partial charge in [-0.25, -0.2) is 0 Å². The average Bonchev–Trinajstić information content (AvgIpc) is 2.53. The molecule has 2 aromatic rings. The number of ether oxygens (including phenoxy) is 2. The molecule has 1 heterocycles. The Labute approximate surface area is 117 Å². The van der Waals surface area contributed by atoms with Crippen LogP contribution in [0, 0.1) is 11.3 Å². The first-order valence-electron chi connectivity index (χ1n) is 6.03. The number of allylic oxidation sites excluding steroid dienone is 1. The molecule has 0 unspecified atom stereocenters. The third kappa shape index (κ3) is 3.15. The molecule has 1 aromatic carbocycles. The van der Waals surface area contributed by atoms with Gasteiger partial charge in [0.25, 0.3) is 0 Å². The van der Waals surface area contributed by atoms with E-state index in [0.717, 1.165) is 5.56 Å². The monoisotopic (exact) mass is 266 g/mol. The van der Waals surface area contributed by atoms with Crippen LogP contribution in [0.5, 0.6) is 11.5 Å². The summed E-state index contributed by atoms with van der Waals surface area (Å²) in [4.78, 5) is 4.18. The molecule has 4 heteroatoms. The molecule has 0 radical (unpaired) electrons. The summed E-state index contributed by atoms with van der Waals surface area (Å²) >= 11 is 0. The summed E-state index contributed by atoms with van der Waals surface area (Å²) in [7, 11) is 3.18. The highest BCUT2D eigenvalue weighted by atomic mass is 16.5. The smallest absolute Gasteiger partial charge is 0.123 e. The normalized spacial score (nSPS) is 10.8. The molecule has 0 aliphatic rings. The summed E-state index contributed by atoms with van der Waals surface area (Å²) in [6.07, 6.45) is 3.42. The number of hydrogen-bond acceptors (Lipinski definition) is 4.